The number of aromatic nitrogens is 2. The van der Waals surface area contributed by atoms with Crippen molar-refractivity contribution < 1.29 is 9.84 Å². The number of benzene rings is 1. The van der Waals surface area contributed by atoms with Crippen LogP contribution >= 0.6 is 0 Å². The second-order valence-corrected chi connectivity index (χ2v) is 4.19. The molecule has 0 aliphatic heterocycles. The van der Waals surface area contributed by atoms with Crippen molar-refractivity contribution in [3.63, 3.8) is 0 Å². The molecule has 0 saturated heterocycles. The summed E-state index contributed by atoms with van der Waals surface area (Å²) in [5, 5.41) is 9.04. The van der Waals surface area contributed by atoms with Gasteiger partial charge >= 0.3 is 0 Å². The highest BCUT2D eigenvalue weighted by atomic mass is 16.5. The fourth-order valence-corrected chi connectivity index (χ4v) is 2.06. The lowest BCUT2D eigenvalue weighted by Gasteiger charge is -2.06. The zero-order valence-corrected chi connectivity index (χ0v) is 11.0. The van der Waals surface area contributed by atoms with Gasteiger partial charge in [-0.25, -0.2) is 4.98 Å². The third-order valence-electron chi connectivity index (χ3n) is 3.17. The minimum atomic E-state index is 0.107. The molecular weight excluding hydrogens is 228 g/mol. The molecule has 4 nitrogen and oxygen atoms in total. The van der Waals surface area contributed by atoms with E-state index in [-0.39, 0.29) is 6.61 Å². The van der Waals surface area contributed by atoms with Crippen LogP contribution in [-0.4, -0.2) is 28.4 Å². The summed E-state index contributed by atoms with van der Waals surface area (Å²) < 4.78 is 7.38. The zero-order chi connectivity index (χ0) is 13.1. The SMILES string of the molecule is COc1ccccc1-c1nc(CCO)n(C)c1C. The standard InChI is InChI=1S/C14H18N2O2/c1-10-14(15-13(8-9-17)16(10)2)11-6-4-5-7-12(11)18-3/h4-7,17H,8-9H2,1-3H3. The molecule has 0 saturated carbocycles. The Kier molecular flexibility index (Phi) is 3.67. The van der Waals surface area contributed by atoms with Crippen molar-refractivity contribution in [2.75, 3.05) is 13.7 Å². The number of aliphatic hydroxyl groups excluding tert-OH is 1. The first-order valence-electron chi connectivity index (χ1n) is 5.95. The van der Waals surface area contributed by atoms with Crippen LogP contribution in [0.5, 0.6) is 5.75 Å². The predicted octanol–water partition coefficient (Wildman–Crippen LogP) is 1.94. The summed E-state index contributed by atoms with van der Waals surface area (Å²) >= 11 is 0. The molecule has 0 unspecified atom stereocenters. The quantitative estimate of drug-likeness (QED) is 0.896. The molecular formula is C14H18N2O2. The normalized spacial score (nSPS) is 10.7. The number of aliphatic hydroxyl groups is 1. The number of rotatable bonds is 4. The summed E-state index contributed by atoms with van der Waals surface area (Å²) in [6.07, 6.45) is 0.562. The van der Waals surface area contributed by atoms with Gasteiger partial charge in [-0.05, 0) is 19.1 Å². The Labute approximate surface area is 107 Å². The molecule has 4 heteroatoms. The van der Waals surface area contributed by atoms with Gasteiger partial charge in [0.05, 0.1) is 19.4 Å². The molecule has 2 rings (SSSR count). The van der Waals surface area contributed by atoms with E-state index in [1.165, 1.54) is 0 Å². The third kappa shape index (κ3) is 2.11. The van der Waals surface area contributed by atoms with E-state index >= 15 is 0 Å². The van der Waals surface area contributed by atoms with Crippen molar-refractivity contribution >= 4 is 0 Å². The molecule has 18 heavy (non-hydrogen) atoms. The highest BCUT2D eigenvalue weighted by Gasteiger charge is 2.15. The number of hydrogen-bond acceptors (Lipinski definition) is 3. The van der Waals surface area contributed by atoms with Crippen LogP contribution in [0.1, 0.15) is 11.5 Å². The predicted molar refractivity (Wildman–Crippen MR) is 70.7 cm³/mol. The first-order chi connectivity index (χ1) is 8.69. The van der Waals surface area contributed by atoms with Crippen molar-refractivity contribution in [2.45, 2.75) is 13.3 Å². The third-order valence-corrected chi connectivity index (χ3v) is 3.17. The average Bonchev–Trinajstić information content (AvgIpc) is 2.67. The van der Waals surface area contributed by atoms with Gasteiger partial charge in [0.2, 0.25) is 0 Å². The number of para-hydroxylation sites is 1. The molecule has 0 aliphatic carbocycles. The van der Waals surface area contributed by atoms with Crippen LogP contribution < -0.4 is 4.74 Å². The minimum Gasteiger partial charge on any atom is -0.496 e. The molecule has 1 aromatic carbocycles. The van der Waals surface area contributed by atoms with Crippen molar-refractivity contribution in [2.24, 2.45) is 7.05 Å². The summed E-state index contributed by atoms with van der Waals surface area (Å²) in [6, 6.07) is 7.83. The van der Waals surface area contributed by atoms with E-state index in [4.69, 9.17) is 9.84 Å². The number of imidazole rings is 1. The van der Waals surface area contributed by atoms with Crippen LogP contribution in [-0.2, 0) is 13.5 Å². The average molecular weight is 246 g/mol. The molecule has 0 aliphatic rings. The molecule has 0 radical (unpaired) electrons. The van der Waals surface area contributed by atoms with E-state index in [1.54, 1.807) is 7.11 Å². The maximum absolute atomic E-state index is 9.04. The summed E-state index contributed by atoms with van der Waals surface area (Å²) in [5.74, 6) is 1.70. The van der Waals surface area contributed by atoms with E-state index in [9.17, 15) is 0 Å². The number of ether oxygens (including phenoxy) is 1. The van der Waals surface area contributed by atoms with E-state index in [2.05, 4.69) is 4.98 Å². The van der Waals surface area contributed by atoms with Crippen molar-refractivity contribution in [1.82, 2.24) is 9.55 Å². The summed E-state index contributed by atoms with van der Waals surface area (Å²) in [5.41, 5.74) is 2.97. The van der Waals surface area contributed by atoms with Gasteiger partial charge in [-0.15, -0.1) is 0 Å². The Morgan fingerprint density at radius 2 is 2.06 bits per heavy atom. The Bertz CT molecular complexity index is 547. The largest absolute Gasteiger partial charge is 0.496 e. The van der Waals surface area contributed by atoms with Gasteiger partial charge in [0.15, 0.2) is 0 Å². The lowest BCUT2D eigenvalue weighted by Crippen LogP contribution is -2.01. The lowest BCUT2D eigenvalue weighted by atomic mass is 10.1. The van der Waals surface area contributed by atoms with Gasteiger partial charge in [-0.2, -0.15) is 0 Å². The van der Waals surface area contributed by atoms with Gasteiger partial charge < -0.3 is 14.4 Å². The molecule has 0 atom stereocenters. The fourth-order valence-electron chi connectivity index (χ4n) is 2.06. The summed E-state index contributed by atoms with van der Waals surface area (Å²) in [7, 11) is 3.62. The van der Waals surface area contributed by atoms with Crippen LogP contribution in [0.2, 0.25) is 0 Å². The Morgan fingerprint density at radius 3 is 2.72 bits per heavy atom. The van der Waals surface area contributed by atoms with Crippen LogP contribution in [0, 0.1) is 6.92 Å². The molecule has 1 heterocycles. The van der Waals surface area contributed by atoms with Gasteiger partial charge in [-0.1, -0.05) is 12.1 Å². The highest BCUT2D eigenvalue weighted by Crippen LogP contribution is 2.31. The smallest absolute Gasteiger partial charge is 0.128 e. The molecule has 0 spiro atoms. The monoisotopic (exact) mass is 246 g/mol. The molecule has 0 amide bonds. The summed E-state index contributed by atoms with van der Waals surface area (Å²) in [4.78, 5) is 4.60. The first-order valence-corrected chi connectivity index (χ1v) is 5.95. The zero-order valence-electron chi connectivity index (χ0n) is 11.0. The topological polar surface area (TPSA) is 47.3 Å². The summed E-state index contributed by atoms with van der Waals surface area (Å²) in [6.45, 7) is 2.13. The van der Waals surface area contributed by atoms with Gasteiger partial charge in [0.1, 0.15) is 11.6 Å². The molecule has 1 N–H and O–H groups in total. The van der Waals surface area contributed by atoms with Gasteiger partial charge in [0.25, 0.3) is 0 Å². The molecule has 2 aromatic rings. The van der Waals surface area contributed by atoms with E-state index in [0.717, 1.165) is 28.5 Å². The molecule has 0 bridgehead atoms. The second-order valence-electron chi connectivity index (χ2n) is 4.19. The Hall–Kier alpha value is -1.81. The van der Waals surface area contributed by atoms with Crippen molar-refractivity contribution in [3.05, 3.63) is 35.8 Å². The molecule has 96 valence electrons. The number of methoxy groups -OCH3 is 1. The van der Waals surface area contributed by atoms with Crippen LogP contribution in [0.15, 0.2) is 24.3 Å². The number of nitrogens with zero attached hydrogens (tertiary/aromatic N) is 2. The van der Waals surface area contributed by atoms with Crippen molar-refractivity contribution in [3.8, 4) is 17.0 Å². The first kappa shape index (κ1) is 12.6. The molecule has 0 fully saturated rings. The maximum Gasteiger partial charge on any atom is 0.128 e. The maximum atomic E-state index is 9.04. The van der Waals surface area contributed by atoms with Gasteiger partial charge in [-0.3, -0.25) is 0 Å². The Balaban J connectivity index is 2.54. The van der Waals surface area contributed by atoms with Gasteiger partial charge in [0, 0.05) is 24.7 Å². The van der Waals surface area contributed by atoms with E-state index in [0.29, 0.717) is 6.42 Å². The van der Waals surface area contributed by atoms with Crippen LogP contribution in [0.25, 0.3) is 11.3 Å². The minimum absolute atomic E-state index is 0.107. The van der Waals surface area contributed by atoms with E-state index < -0.39 is 0 Å². The number of hydrogen-bond donors (Lipinski definition) is 1. The van der Waals surface area contributed by atoms with Crippen LogP contribution in [0.4, 0.5) is 0 Å². The lowest BCUT2D eigenvalue weighted by molar-refractivity contribution is 0.295. The van der Waals surface area contributed by atoms with E-state index in [1.807, 2.05) is 42.8 Å². The van der Waals surface area contributed by atoms with Crippen molar-refractivity contribution in [1.29, 1.82) is 0 Å². The Morgan fingerprint density at radius 1 is 1.33 bits per heavy atom. The molecule has 1 aromatic heterocycles. The highest BCUT2D eigenvalue weighted by molar-refractivity contribution is 5.69. The fraction of sp³-hybridized carbons (Fsp3) is 0.357. The second kappa shape index (κ2) is 5.23. The van der Waals surface area contributed by atoms with Crippen LogP contribution in [0.3, 0.4) is 0 Å².